The van der Waals surface area contributed by atoms with E-state index in [9.17, 15) is 4.79 Å². The highest BCUT2D eigenvalue weighted by Gasteiger charge is 2.38. The molecule has 0 unspecified atom stereocenters. The molecule has 2 aromatic rings. The smallest absolute Gasteiger partial charge is 0.257 e. The molecule has 152 valence electrons. The van der Waals surface area contributed by atoms with Crippen LogP contribution in [0.25, 0.3) is 5.69 Å². The first-order valence-electron chi connectivity index (χ1n) is 9.83. The second kappa shape index (κ2) is 8.44. The zero-order chi connectivity index (χ0) is 19.0. The third-order valence-corrected chi connectivity index (χ3v) is 6.35. The zero-order valence-electron chi connectivity index (χ0n) is 16.4. The molecule has 7 heteroatoms. The van der Waals surface area contributed by atoms with Crippen LogP contribution in [0.15, 0.2) is 30.5 Å². The first-order chi connectivity index (χ1) is 13.0. The number of aromatic nitrogens is 2. The third kappa shape index (κ3) is 3.93. The van der Waals surface area contributed by atoms with Gasteiger partial charge in [0.1, 0.15) is 0 Å². The summed E-state index contributed by atoms with van der Waals surface area (Å²) in [6.45, 7) is 8.10. The number of carbonyl (C=O) groups is 1. The highest BCUT2D eigenvalue weighted by molar-refractivity contribution is 6.30. The number of nitrogens with one attached hydrogen (secondary N) is 1. The highest BCUT2D eigenvalue weighted by atomic mass is 35.5. The Balaban J connectivity index is 0.00000225. The molecule has 0 aliphatic carbocycles. The number of rotatable bonds is 3. The molecule has 1 aromatic heterocycles. The van der Waals surface area contributed by atoms with Gasteiger partial charge in [0.15, 0.2) is 0 Å². The van der Waals surface area contributed by atoms with Gasteiger partial charge in [0.2, 0.25) is 0 Å². The molecule has 2 fully saturated rings. The number of piperidine rings is 1. The van der Waals surface area contributed by atoms with Gasteiger partial charge in [-0.15, -0.1) is 12.4 Å². The second-order valence-corrected chi connectivity index (χ2v) is 8.64. The fraction of sp³-hybridized carbons (Fsp3) is 0.524. The van der Waals surface area contributed by atoms with Gasteiger partial charge in [-0.1, -0.05) is 25.4 Å². The first-order valence-corrected chi connectivity index (χ1v) is 10.2. The van der Waals surface area contributed by atoms with Crippen molar-refractivity contribution in [3.8, 4) is 5.69 Å². The summed E-state index contributed by atoms with van der Waals surface area (Å²) in [4.78, 5) is 15.3. The number of hydrogen-bond donors (Lipinski definition) is 1. The summed E-state index contributed by atoms with van der Waals surface area (Å²) in [6, 6.07) is 7.58. The van der Waals surface area contributed by atoms with Crippen molar-refractivity contribution in [1.29, 1.82) is 0 Å². The summed E-state index contributed by atoms with van der Waals surface area (Å²) in [5.41, 5.74) is 3.02. The fourth-order valence-electron chi connectivity index (χ4n) is 4.44. The predicted molar refractivity (Wildman–Crippen MR) is 115 cm³/mol. The number of benzene rings is 1. The lowest BCUT2D eigenvalue weighted by Crippen LogP contribution is -2.44. The summed E-state index contributed by atoms with van der Waals surface area (Å²) in [7, 11) is 0. The minimum atomic E-state index is 0. The Kier molecular flexibility index (Phi) is 6.37. The summed E-state index contributed by atoms with van der Waals surface area (Å²) >= 11 is 6.02. The number of likely N-dealkylation sites (tertiary alicyclic amines) is 1. The van der Waals surface area contributed by atoms with E-state index in [0.717, 1.165) is 56.0 Å². The first kappa shape index (κ1) is 21.2. The molecule has 4 rings (SSSR count). The van der Waals surface area contributed by atoms with Crippen molar-refractivity contribution in [2.24, 2.45) is 5.41 Å². The van der Waals surface area contributed by atoms with Crippen molar-refractivity contribution in [2.45, 2.75) is 39.0 Å². The van der Waals surface area contributed by atoms with E-state index in [1.54, 1.807) is 6.20 Å². The van der Waals surface area contributed by atoms with E-state index in [1.165, 1.54) is 6.42 Å². The molecule has 0 radical (unpaired) electrons. The van der Waals surface area contributed by atoms with Crippen LogP contribution in [0.5, 0.6) is 0 Å². The normalized spacial score (nSPS) is 18.5. The van der Waals surface area contributed by atoms with Gasteiger partial charge in [-0.3, -0.25) is 4.79 Å². The zero-order valence-corrected chi connectivity index (χ0v) is 18.0. The molecule has 28 heavy (non-hydrogen) atoms. The molecule has 0 saturated carbocycles. The molecule has 2 saturated heterocycles. The molecule has 1 N–H and O–H groups in total. The summed E-state index contributed by atoms with van der Waals surface area (Å²) in [5.74, 6) is 0.303. The molecule has 1 amide bonds. The van der Waals surface area contributed by atoms with Crippen LogP contribution < -0.4 is 5.32 Å². The molecule has 2 aliphatic heterocycles. The van der Waals surface area contributed by atoms with Crippen LogP contribution in [0, 0.1) is 5.41 Å². The van der Waals surface area contributed by atoms with Crippen molar-refractivity contribution in [3.05, 3.63) is 46.7 Å². The number of halogens is 2. The van der Waals surface area contributed by atoms with Gasteiger partial charge in [-0.05, 0) is 61.4 Å². The standard InChI is InChI=1S/C21H27ClN4O.ClH/c1-15(2)19-18(13-24-26(19)17-5-3-16(22)4-6-17)20(27)25-11-8-21(9-12-25)7-10-23-14-21;/h3-6,13,15,23H,7-12,14H2,1-2H3;1H. The monoisotopic (exact) mass is 422 g/mol. The molecular formula is C21H28Cl2N4O. The van der Waals surface area contributed by atoms with Gasteiger partial charge in [0.05, 0.1) is 23.1 Å². The van der Waals surface area contributed by atoms with Crippen LogP contribution in [0.2, 0.25) is 5.02 Å². The molecule has 3 heterocycles. The lowest BCUT2D eigenvalue weighted by molar-refractivity contribution is 0.0606. The van der Waals surface area contributed by atoms with E-state index in [0.29, 0.717) is 10.4 Å². The molecule has 0 bridgehead atoms. The summed E-state index contributed by atoms with van der Waals surface area (Å²) < 4.78 is 1.88. The van der Waals surface area contributed by atoms with E-state index in [1.807, 2.05) is 33.8 Å². The highest BCUT2D eigenvalue weighted by Crippen LogP contribution is 2.37. The number of nitrogens with zero attached hydrogens (tertiary/aromatic N) is 3. The van der Waals surface area contributed by atoms with Crippen LogP contribution in [0.3, 0.4) is 0 Å². The van der Waals surface area contributed by atoms with Crippen molar-refractivity contribution in [3.63, 3.8) is 0 Å². The van der Waals surface area contributed by atoms with E-state index < -0.39 is 0 Å². The SMILES string of the molecule is CC(C)c1c(C(=O)N2CCC3(CCNC3)CC2)cnn1-c1ccc(Cl)cc1.Cl. The van der Waals surface area contributed by atoms with Crippen LogP contribution in [-0.2, 0) is 0 Å². The Hall–Kier alpha value is -1.56. The van der Waals surface area contributed by atoms with Crippen molar-refractivity contribution >= 4 is 29.9 Å². The fourth-order valence-corrected chi connectivity index (χ4v) is 4.57. The van der Waals surface area contributed by atoms with Gasteiger partial charge in [-0.25, -0.2) is 4.68 Å². The lowest BCUT2D eigenvalue weighted by Gasteiger charge is -2.39. The topological polar surface area (TPSA) is 50.2 Å². The van der Waals surface area contributed by atoms with Gasteiger partial charge in [0.25, 0.3) is 5.91 Å². The Morgan fingerprint density at radius 3 is 2.43 bits per heavy atom. The Labute approximate surface area is 177 Å². The predicted octanol–water partition coefficient (Wildman–Crippen LogP) is 4.29. The number of amides is 1. The summed E-state index contributed by atoms with van der Waals surface area (Å²) in [5, 5.41) is 8.71. The maximum absolute atomic E-state index is 13.3. The largest absolute Gasteiger partial charge is 0.338 e. The minimum absolute atomic E-state index is 0. The van der Waals surface area contributed by atoms with Gasteiger partial charge >= 0.3 is 0 Å². The van der Waals surface area contributed by atoms with Crippen molar-refractivity contribution < 1.29 is 4.79 Å². The Bertz CT molecular complexity index is 815. The lowest BCUT2D eigenvalue weighted by atomic mass is 9.77. The van der Waals surface area contributed by atoms with Gasteiger partial charge < -0.3 is 10.2 Å². The average molecular weight is 423 g/mol. The number of carbonyl (C=O) groups excluding carboxylic acids is 1. The second-order valence-electron chi connectivity index (χ2n) is 8.21. The maximum Gasteiger partial charge on any atom is 0.257 e. The van der Waals surface area contributed by atoms with E-state index in [4.69, 9.17) is 11.6 Å². The minimum Gasteiger partial charge on any atom is -0.338 e. The van der Waals surface area contributed by atoms with E-state index >= 15 is 0 Å². The van der Waals surface area contributed by atoms with Crippen LogP contribution in [0.4, 0.5) is 0 Å². The molecule has 0 atom stereocenters. The number of hydrogen-bond acceptors (Lipinski definition) is 3. The van der Waals surface area contributed by atoms with Crippen LogP contribution >= 0.6 is 24.0 Å². The van der Waals surface area contributed by atoms with Crippen molar-refractivity contribution in [1.82, 2.24) is 20.0 Å². The van der Waals surface area contributed by atoms with E-state index in [2.05, 4.69) is 24.3 Å². The van der Waals surface area contributed by atoms with E-state index in [-0.39, 0.29) is 24.2 Å². The molecular weight excluding hydrogens is 395 g/mol. The van der Waals surface area contributed by atoms with Gasteiger partial charge in [-0.2, -0.15) is 5.10 Å². The molecule has 1 spiro atoms. The average Bonchev–Trinajstić information content (AvgIpc) is 3.30. The van der Waals surface area contributed by atoms with Crippen LogP contribution in [0.1, 0.15) is 55.1 Å². The molecule has 1 aromatic carbocycles. The summed E-state index contributed by atoms with van der Waals surface area (Å²) in [6.07, 6.45) is 5.15. The molecule has 2 aliphatic rings. The maximum atomic E-state index is 13.3. The Morgan fingerprint density at radius 1 is 1.18 bits per heavy atom. The Morgan fingerprint density at radius 2 is 1.86 bits per heavy atom. The quantitative estimate of drug-likeness (QED) is 0.802. The van der Waals surface area contributed by atoms with Crippen LogP contribution in [-0.4, -0.2) is 46.8 Å². The van der Waals surface area contributed by atoms with Gasteiger partial charge in [0, 0.05) is 24.7 Å². The third-order valence-electron chi connectivity index (χ3n) is 6.10. The van der Waals surface area contributed by atoms with Crippen molar-refractivity contribution in [2.75, 3.05) is 26.2 Å². The molecule has 5 nitrogen and oxygen atoms in total.